The van der Waals surface area contributed by atoms with E-state index in [0.717, 1.165) is 18.2 Å². The molecular weight excluding hydrogens is 277 g/mol. The van der Waals surface area contributed by atoms with E-state index in [4.69, 9.17) is 11.6 Å². The second-order valence-electron chi connectivity index (χ2n) is 4.09. The molecule has 0 heterocycles. The summed E-state index contributed by atoms with van der Waals surface area (Å²) in [6.45, 7) is 0. The predicted octanol–water partition coefficient (Wildman–Crippen LogP) is 4.03. The van der Waals surface area contributed by atoms with Crippen LogP contribution in [0.15, 0.2) is 36.4 Å². The van der Waals surface area contributed by atoms with Crippen molar-refractivity contribution < 1.29 is 18.3 Å². The zero-order valence-corrected chi connectivity index (χ0v) is 10.5. The van der Waals surface area contributed by atoms with E-state index in [1.807, 2.05) is 0 Å². The molecule has 0 aliphatic carbocycles. The predicted molar refractivity (Wildman–Crippen MR) is 66.4 cm³/mol. The maximum atomic E-state index is 13.4. The quantitative estimate of drug-likeness (QED) is 0.903. The van der Waals surface area contributed by atoms with Gasteiger partial charge in [-0.3, -0.25) is 0 Å². The summed E-state index contributed by atoms with van der Waals surface area (Å²) in [6.07, 6.45) is -1.49. The van der Waals surface area contributed by atoms with Crippen LogP contribution in [0, 0.1) is 17.5 Å². The van der Waals surface area contributed by atoms with E-state index in [-0.39, 0.29) is 22.6 Å². The highest BCUT2D eigenvalue weighted by Gasteiger charge is 2.16. The fraction of sp³-hybridized carbons (Fsp3) is 0.143. The molecule has 0 radical (unpaired) electrons. The van der Waals surface area contributed by atoms with Gasteiger partial charge in [-0.15, -0.1) is 0 Å². The molecule has 0 amide bonds. The van der Waals surface area contributed by atoms with Crippen molar-refractivity contribution in [2.24, 2.45) is 0 Å². The van der Waals surface area contributed by atoms with Crippen LogP contribution in [-0.4, -0.2) is 5.11 Å². The molecule has 19 heavy (non-hydrogen) atoms. The summed E-state index contributed by atoms with van der Waals surface area (Å²) in [6, 6.07) is 7.19. The Morgan fingerprint density at radius 3 is 2.21 bits per heavy atom. The molecule has 1 atom stereocenters. The van der Waals surface area contributed by atoms with Crippen LogP contribution in [0.2, 0.25) is 5.02 Å². The van der Waals surface area contributed by atoms with Crippen LogP contribution in [-0.2, 0) is 6.42 Å². The molecule has 1 nitrogen and oxygen atoms in total. The minimum Gasteiger partial charge on any atom is -0.388 e. The first-order valence-electron chi connectivity index (χ1n) is 5.55. The van der Waals surface area contributed by atoms with Gasteiger partial charge in [0.05, 0.1) is 11.1 Å². The van der Waals surface area contributed by atoms with Crippen molar-refractivity contribution in [2.75, 3.05) is 0 Å². The molecule has 2 rings (SSSR count). The molecule has 0 aliphatic heterocycles. The maximum Gasteiger partial charge on any atom is 0.142 e. The zero-order chi connectivity index (χ0) is 14.0. The largest absolute Gasteiger partial charge is 0.388 e. The second-order valence-corrected chi connectivity index (χ2v) is 4.50. The zero-order valence-electron chi connectivity index (χ0n) is 9.71. The molecule has 0 bridgehead atoms. The number of aliphatic hydroxyl groups excluding tert-OH is 1. The normalized spacial score (nSPS) is 12.5. The molecule has 2 aromatic carbocycles. The highest BCUT2D eigenvalue weighted by atomic mass is 35.5. The van der Waals surface area contributed by atoms with Gasteiger partial charge in [0.15, 0.2) is 0 Å². The Morgan fingerprint density at radius 1 is 1.00 bits per heavy atom. The molecule has 1 unspecified atom stereocenters. The fourth-order valence-corrected chi connectivity index (χ4v) is 1.88. The molecule has 2 aromatic rings. The highest BCUT2D eigenvalue weighted by Crippen LogP contribution is 2.25. The third kappa shape index (κ3) is 3.08. The molecule has 0 saturated carbocycles. The molecule has 0 aliphatic rings. The summed E-state index contributed by atoms with van der Waals surface area (Å²) in [5, 5.41) is 9.82. The maximum absolute atomic E-state index is 13.4. The van der Waals surface area contributed by atoms with E-state index >= 15 is 0 Å². The topological polar surface area (TPSA) is 20.2 Å². The summed E-state index contributed by atoms with van der Waals surface area (Å²) < 4.78 is 40.1. The van der Waals surface area contributed by atoms with E-state index in [0.29, 0.717) is 0 Å². The first-order valence-corrected chi connectivity index (χ1v) is 5.92. The average molecular weight is 287 g/mol. The fourth-order valence-electron chi connectivity index (χ4n) is 1.76. The highest BCUT2D eigenvalue weighted by molar-refractivity contribution is 6.30. The smallest absolute Gasteiger partial charge is 0.142 e. The van der Waals surface area contributed by atoms with Crippen LogP contribution in [0.4, 0.5) is 13.2 Å². The minimum atomic E-state index is -1.21. The van der Waals surface area contributed by atoms with Crippen LogP contribution in [0.25, 0.3) is 0 Å². The molecule has 0 aromatic heterocycles. The molecular formula is C14H10ClF3O. The monoisotopic (exact) mass is 286 g/mol. The van der Waals surface area contributed by atoms with E-state index in [9.17, 15) is 18.3 Å². The van der Waals surface area contributed by atoms with Crippen molar-refractivity contribution in [3.63, 3.8) is 0 Å². The van der Waals surface area contributed by atoms with Gasteiger partial charge in [-0.25, -0.2) is 13.2 Å². The van der Waals surface area contributed by atoms with Crippen molar-refractivity contribution in [3.8, 4) is 0 Å². The summed E-state index contributed by atoms with van der Waals surface area (Å²) in [4.78, 5) is 0. The molecule has 5 heteroatoms. The molecule has 100 valence electrons. The Labute approximate surface area is 113 Å². The van der Waals surface area contributed by atoms with Crippen molar-refractivity contribution >= 4 is 11.6 Å². The Morgan fingerprint density at radius 2 is 1.63 bits per heavy atom. The van der Waals surface area contributed by atoms with Crippen LogP contribution in [0.5, 0.6) is 0 Å². The lowest BCUT2D eigenvalue weighted by Gasteiger charge is -2.12. The van der Waals surface area contributed by atoms with Crippen molar-refractivity contribution in [1.82, 2.24) is 0 Å². The lowest BCUT2D eigenvalue weighted by atomic mass is 10.0. The minimum absolute atomic E-state index is 0.0759. The Hall–Kier alpha value is -1.52. The first kappa shape index (κ1) is 13.9. The molecule has 0 spiro atoms. The third-order valence-corrected chi connectivity index (χ3v) is 3.09. The van der Waals surface area contributed by atoms with Gasteiger partial charge in [0.2, 0.25) is 0 Å². The molecule has 0 fully saturated rings. The van der Waals surface area contributed by atoms with Gasteiger partial charge in [-0.1, -0.05) is 23.7 Å². The molecule has 0 saturated heterocycles. The summed E-state index contributed by atoms with van der Waals surface area (Å²) >= 11 is 5.52. The van der Waals surface area contributed by atoms with Crippen LogP contribution < -0.4 is 0 Å². The third-order valence-electron chi connectivity index (χ3n) is 2.79. The van der Waals surface area contributed by atoms with Gasteiger partial charge >= 0.3 is 0 Å². The first-order chi connectivity index (χ1) is 8.99. The SMILES string of the molecule is OC(Cc1c(F)cccc1F)c1ccc(Cl)c(F)c1. The summed E-state index contributed by atoms with van der Waals surface area (Å²) in [5.74, 6) is -2.17. The average Bonchev–Trinajstić information content (AvgIpc) is 2.37. The van der Waals surface area contributed by atoms with Crippen LogP contribution >= 0.6 is 11.6 Å². The van der Waals surface area contributed by atoms with Crippen LogP contribution in [0.3, 0.4) is 0 Å². The Kier molecular flexibility index (Phi) is 4.12. The van der Waals surface area contributed by atoms with Gasteiger partial charge in [-0.05, 0) is 29.8 Å². The van der Waals surface area contributed by atoms with Gasteiger partial charge < -0.3 is 5.11 Å². The van der Waals surface area contributed by atoms with Crippen molar-refractivity contribution in [1.29, 1.82) is 0 Å². The van der Waals surface area contributed by atoms with Gasteiger partial charge in [0.1, 0.15) is 17.5 Å². The van der Waals surface area contributed by atoms with E-state index in [1.54, 1.807) is 0 Å². The summed E-state index contributed by atoms with van der Waals surface area (Å²) in [5.41, 5.74) is -0.0186. The number of hydrogen-bond donors (Lipinski definition) is 1. The molecule has 1 N–H and O–H groups in total. The lowest BCUT2D eigenvalue weighted by molar-refractivity contribution is 0.175. The van der Waals surface area contributed by atoms with E-state index in [1.165, 1.54) is 18.2 Å². The van der Waals surface area contributed by atoms with Crippen molar-refractivity contribution in [3.05, 3.63) is 70.0 Å². The van der Waals surface area contributed by atoms with Gasteiger partial charge in [-0.2, -0.15) is 0 Å². The van der Waals surface area contributed by atoms with E-state index in [2.05, 4.69) is 0 Å². The number of rotatable bonds is 3. The van der Waals surface area contributed by atoms with E-state index < -0.39 is 23.6 Å². The van der Waals surface area contributed by atoms with Crippen LogP contribution in [0.1, 0.15) is 17.2 Å². The summed E-state index contributed by atoms with van der Waals surface area (Å²) in [7, 11) is 0. The number of aliphatic hydroxyl groups is 1. The number of hydrogen-bond acceptors (Lipinski definition) is 1. The van der Waals surface area contributed by atoms with Crippen molar-refractivity contribution in [2.45, 2.75) is 12.5 Å². The lowest BCUT2D eigenvalue weighted by Crippen LogP contribution is -2.06. The van der Waals surface area contributed by atoms with Gasteiger partial charge in [0.25, 0.3) is 0 Å². The Bertz CT molecular complexity index is 581. The standard InChI is InChI=1S/C14H10ClF3O/c15-10-5-4-8(6-13(10)18)14(19)7-9-11(16)2-1-3-12(9)17/h1-6,14,19H,7H2. The van der Waals surface area contributed by atoms with Gasteiger partial charge in [0, 0.05) is 12.0 Å². The number of benzene rings is 2. The number of halogens is 4. The second kappa shape index (κ2) is 5.63. The Balaban J connectivity index is 2.25.